The minimum absolute atomic E-state index is 0.155. The van der Waals surface area contributed by atoms with E-state index in [2.05, 4.69) is 0 Å². The Morgan fingerprint density at radius 3 is 2.59 bits per heavy atom. The van der Waals surface area contributed by atoms with E-state index in [0.29, 0.717) is 21.3 Å². The van der Waals surface area contributed by atoms with Crippen LogP contribution in [0.15, 0.2) is 66.2 Å². The number of imide groups is 1. The van der Waals surface area contributed by atoms with Gasteiger partial charge in [-0.1, -0.05) is 41.9 Å². The molecular weight excluding hydrogens is 472 g/mol. The van der Waals surface area contributed by atoms with E-state index < -0.39 is 29.8 Å². The number of amides is 2. The van der Waals surface area contributed by atoms with Crippen molar-refractivity contribution in [2.45, 2.75) is 12.1 Å². The predicted octanol–water partition coefficient (Wildman–Crippen LogP) is 4.81. The van der Waals surface area contributed by atoms with Gasteiger partial charge in [0.2, 0.25) is 11.8 Å². The van der Waals surface area contributed by atoms with E-state index in [9.17, 15) is 14.4 Å². The molecule has 0 N–H and O–H groups in total. The van der Waals surface area contributed by atoms with Crippen LogP contribution in [0.1, 0.15) is 26.8 Å². The standard InChI is InChI=1S/C26H19ClN2O4S/c1-33-18-9-8-15(27)13-17(18)29-25(31)20-21(26(29)32)23(24(30)19-7-4-12-34-19)28-11-10-14-5-2-3-6-16(14)22(20)28/h2-13,20-23H,1H3/t20-,21+,22+,23-/m0/s1. The zero-order valence-electron chi connectivity index (χ0n) is 18.1. The van der Waals surface area contributed by atoms with Gasteiger partial charge in [-0.15, -0.1) is 11.3 Å². The summed E-state index contributed by atoms with van der Waals surface area (Å²) in [5.41, 5.74) is 2.21. The van der Waals surface area contributed by atoms with Gasteiger partial charge in [-0.3, -0.25) is 14.4 Å². The first-order valence-corrected chi connectivity index (χ1v) is 12.1. The molecule has 3 aliphatic heterocycles. The van der Waals surface area contributed by atoms with Crippen molar-refractivity contribution >= 4 is 52.3 Å². The number of hydrogen-bond donors (Lipinski definition) is 0. The molecule has 0 spiro atoms. The summed E-state index contributed by atoms with van der Waals surface area (Å²) in [5, 5.41) is 2.22. The average Bonchev–Trinajstić information content (AvgIpc) is 3.55. The van der Waals surface area contributed by atoms with E-state index in [4.69, 9.17) is 16.3 Å². The van der Waals surface area contributed by atoms with Gasteiger partial charge in [0, 0.05) is 11.2 Å². The summed E-state index contributed by atoms with van der Waals surface area (Å²) < 4.78 is 5.44. The summed E-state index contributed by atoms with van der Waals surface area (Å²) in [6.07, 6.45) is 3.79. The van der Waals surface area contributed by atoms with Crippen LogP contribution in [0.4, 0.5) is 5.69 Å². The zero-order chi connectivity index (χ0) is 23.6. The first kappa shape index (κ1) is 21.1. The summed E-state index contributed by atoms with van der Waals surface area (Å²) in [4.78, 5) is 45.2. The van der Waals surface area contributed by atoms with Gasteiger partial charge >= 0.3 is 0 Å². The highest BCUT2D eigenvalue weighted by molar-refractivity contribution is 7.12. The van der Waals surface area contributed by atoms with Crippen molar-refractivity contribution in [1.29, 1.82) is 0 Å². The quantitative estimate of drug-likeness (QED) is 0.388. The minimum atomic E-state index is -0.827. The molecular formula is C26H19ClN2O4S. The number of methoxy groups -OCH3 is 1. The topological polar surface area (TPSA) is 66.9 Å². The third kappa shape index (κ3) is 2.90. The summed E-state index contributed by atoms with van der Waals surface area (Å²) in [5.74, 6) is -2.09. The van der Waals surface area contributed by atoms with Crippen LogP contribution in [0.3, 0.4) is 0 Å². The van der Waals surface area contributed by atoms with Crippen molar-refractivity contribution in [3.8, 4) is 5.75 Å². The summed E-state index contributed by atoms with van der Waals surface area (Å²) >= 11 is 7.55. The fraction of sp³-hybridized carbons (Fsp3) is 0.192. The Bertz CT molecular complexity index is 1370. The summed E-state index contributed by atoms with van der Waals surface area (Å²) in [7, 11) is 1.48. The minimum Gasteiger partial charge on any atom is -0.495 e. The van der Waals surface area contributed by atoms with Crippen molar-refractivity contribution in [3.05, 3.63) is 87.2 Å². The van der Waals surface area contributed by atoms with E-state index in [-0.39, 0.29) is 11.7 Å². The second-order valence-electron chi connectivity index (χ2n) is 8.50. The van der Waals surface area contributed by atoms with Gasteiger partial charge in [0.25, 0.3) is 0 Å². The number of Topliss-reactive ketones (excluding diaryl/α,β-unsaturated/α-hetero) is 1. The zero-order valence-corrected chi connectivity index (χ0v) is 19.6. The molecule has 4 atom stereocenters. The van der Waals surface area contributed by atoms with E-state index in [1.165, 1.54) is 18.4 Å². The van der Waals surface area contributed by atoms with Crippen LogP contribution in [0.2, 0.25) is 5.02 Å². The molecule has 0 bridgehead atoms. The van der Waals surface area contributed by atoms with Crippen molar-refractivity contribution < 1.29 is 19.1 Å². The number of carbonyl (C=O) groups is 3. The van der Waals surface area contributed by atoms with Gasteiger partial charge in [-0.2, -0.15) is 0 Å². The lowest BCUT2D eigenvalue weighted by Crippen LogP contribution is -2.44. The first-order valence-electron chi connectivity index (χ1n) is 10.8. The van der Waals surface area contributed by atoms with E-state index in [1.807, 2.05) is 52.9 Å². The number of rotatable bonds is 4. The molecule has 2 aromatic carbocycles. The number of nitrogens with zero attached hydrogens (tertiary/aromatic N) is 2. The number of ether oxygens (including phenoxy) is 1. The third-order valence-electron chi connectivity index (χ3n) is 6.88. The van der Waals surface area contributed by atoms with Crippen LogP contribution in [0.5, 0.6) is 5.75 Å². The highest BCUT2D eigenvalue weighted by atomic mass is 35.5. The molecule has 6 nitrogen and oxygen atoms in total. The Labute approximate surface area is 205 Å². The SMILES string of the molecule is COc1ccc(Cl)cc1N1C(=O)[C@@H]2[C@H](C1=O)[C@H]1c3ccccc3C=CN1[C@@H]2C(=O)c1cccs1. The van der Waals surface area contributed by atoms with Gasteiger partial charge < -0.3 is 9.64 Å². The Morgan fingerprint density at radius 2 is 1.82 bits per heavy atom. The molecule has 3 aliphatic rings. The lowest BCUT2D eigenvalue weighted by atomic mass is 9.84. The number of halogens is 1. The highest BCUT2D eigenvalue weighted by Crippen LogP contribution is 2.54. The molecule has 170 valence electrons. The number of thiophene rings is 1. The van der Waals surface area contributed by atoms with Crippen LogP contribution in [0.25, 0.3) is 6.08 Å². The Kier molecular flexibility index (Phi) is 4.86. The van der Waals surface area contributed by atoms with Gasteiger partial charge in [0.1, 0.15) is 11.8 Å². The van der Waals surface area contributed by atoms with Crippen molar-refractivity contribution in [3.63, 3.8) is 0 Å². The van der Waals surface area contributed by atoms with Crippen molar-refractivity contribution in [2.24, 2.45) is 11.8 Å². The number of anilines is 1. The van der Waals surface area contributed by atoms with Crippen LogP contribution < -0.4 is 9.64 Å². The monoisotopic (exact) mass is 490 g/mol. The van der Waals surface area contributed by atoms with Gasteiger partial charge in [-0.25, -0.2) is 4.90 Å². The number of ketones is 1. The van der Waals surface area contributed by atoms with Gasteiger partial charge in [0.15, 0.2) is 5.78 Å². The lowest BCUT2D eigenvalue weighted by molar-refractivity contribution is -0.123. The Balaban J connectivity index is 1.52. The molecule has 0 saturated carbocycles. The van der Waals surface area contributed by atoms with E-state index >= 15 is 0 Å². The average molecular weight is 491 g/mol. The van der Waals surface area contributed by atoms with Crippen LogP contribution >= 0.6 is 22.9 Å². The van der Waals surface area contributed by atoms with Crippen LogP contribution in [-0.4, -0.2) is 35.6 Å². The molecule has 34 heavy (non-hydrogen) atoms. The van der Waals surface area contributed by atoms with Gasteiger partial charge in [-0.05, 0) is 46.8 Å². The fourth-order valence-corrected chi connectivity index (χ4v) is 6.36. The first-order chi connectivity index (χ1) is 16.5. The second-order valence-corrected chi connectivity index (χ2v) is 9.89. The van der Waals surface area contributed by atoms with Gasteiger partial charge in [0.05, 0.1) is 35.6 Å². The van der Waals surface area contributed by atoms with Crippen molar-refractivity contribution in [1.82, 2.24) is 4.90 Å². The highest BCUT2D eigenvalue weighted by Gasteiger charge is 2.64. The smallest absolute Gasteiger partial charge is 0.240 e. The van der Waals surface area contributed by atoms with Crippen LogP contribution in [-0.2, 0) is 9.59 Å². The number of carbonyl (C=O) groups excluding carboxylic acids is 3. The largest absolute Gasteiger partial charge is 0.495 e. The summed E-state index contributed by atoms with van der Waals surface area (Å²) in [6.45, 7) is 0. The maximum Gasteiger partial charge on any atom is 0.240 e. The third-order valence-corrected chi connectivity index (χ3v) is 8.00. The number of hydrogen-bond acceptors (Lipinski definition) is 6. The summed E-state index contributed by atoms with van der Waals surface area (Å²) in [6, 6.07) is 15.0. The Hall–Kier alpha value is -3.42. The predicted molar refractivity (Wildman–Crippen MR) is 130 cm³/mol. The lowest BCUT2D eigenvalue weighted by Gasteiger charge is -2.35. The second kappa shape index (κ2) is 7.82. The molecule has 1 aromatic heterocycles. The molecule has 2 amide bonds. The maximum atomic E-state index is 13.9. The normalized spacial score (nSPS) is 24.8. The molecule has 0 unspecified atom stereocenters. The van der Waals surface area contributed by atoms with Crippen LogP contribution in [0, 0.1) is 11.8 Å². The van der Waals surface area contributed by atoms with Crippen molar-refractivity contribution in [2.75, 3.05) is 12.0 Å². The maximum absolute atomic E-state index is 13.9. The van der Waals surface area contributed by atoms with E-state index in [1.54, 1.807) is 24.3 Å². The number of benzene rings is 2. The molecule has 0 radical (unpaired) electrons. The molecule has 0 aliphatic carbocycles. The molecule has 8 heteroatoms. The molecule has 6 rings (SSSR count). The molecule has 4 heterocycles. The van der Waals surface area contributed by atoms with E-state index in [0.717, 1.165) is 16.0 Å². The molecule has 2 saturated heterocycles. The molecule has 2 fully saturated rings. The number of fused-ring (bicyclic) bond motifs is 5. The fourth-order valence-electron chi connectivity index (χ4n) is 5.50. The molecule has 3 aromatic rings. The Morgan fingerprint density at radius 1 is 1.03 bits per heavy atom.